The number of hydrogen-bond donors (Lipinski definition) is 1. The van der Waals surface area contributed by atoms with Crippen molar-refractivity contribution in [2.75, 3.05) is 25.5 Å². The molecule has 0 bridgehead atoms. The molecule has 1 aromatic rings. The molecule has 6 nitrogen and oxygen atoms in total. The Kier molecular flexibility index (Phi) is 5.63. The number of nitrogens with one attached hydrogen (secondary N) is 1. The van der Waals surface area contributed by atoms with Crippen LogP contribution >= 0.6 is 0 Å². The summed E-state index contributed by atoms with van der Waals surface area (Å²) in [5.74, 6) is 0.268. The maximum absolute atomic E-state index is 13.3. The molecule has 2 atom stereocenters. The van der Waals surface area contributed by atoms with Crippen LogP contribution in [-0.2, 0) is 11.3 Å². The van der Waals surface area contributed by atoms with Crippen molar-refractivity contribution in [3.63, 3.8) is 0 Å². The Morgan fingerprint density at radius 1 is 1.33 bits per heavy atom. The van der Waals surface area contributed by atoms with Crippen molar-refractivity contribution in [2.24, 2.45) is 0 Å². The van der Waals surface area contributed by atoms with Crippen LogP contribution in [0.15, 0.2) is 12.4 Å². The fourth-order valence-corrected chi connectivity index (χ4v) is 2.89. The molecule has 1 aliphatic rings. The predicted octanol–water partition coefficient (Wildman–Crippen LogP) is 1.57. The second kappa shape index (κ2) is 7.33. The molecule has 0 radical (unpaired) electrons. The Morgan fingerprint density at radius 3 is 2.46 bits per heavy atom. The van der Waals surface area contributed by atoms with Gasteiger partial charge in [-0.15, -0.1) is 0 Å². The van der Waals surface area contributed by atoms with Gasteiger partial charge in [-0.2, -0.15) is 13.2 Å². The molecule has 0 aromatic carbocycles. The lowest BCUT2D eigenvalue weighted by Gasteiger charge is -2.40. The quantitative estimate of drug-likeness (QED) is 0.898. The zero-order valence-corrected chi connectivity index (χ0v) is 14.0. The van der Waals surface area contributed by atoms with Gasteiger partial charge < -0.3 is 10.2 Å². The van der Waals surface area contributed by atoms with E-state index in [-0.39, 0.29) is 31.5 Å². The lowest BCUT2D eigenvalue weighted by molar-refractivity contribution is -0.194. The van der Waals surface area contributed by atoms with Gasteiger partial charge in [0.2, 0.25) is 11.9 Å². The van der Waals surface area contributed by atoms with E-state index in [1.54, 1.807) is 19.0 Å². The fourth-order valence-electron chi connectivity index (χ4n) is 2.89. The second-order valence-electron chi connectivity index (χ2n) is 6.25. The lowest BCUT2D eigenvalue weighted by atomic mass is 9.97. The number of hydrogen-bond acceptors (Lipinski definition) is 5. The van der Waals surface area contributed by atoms with E-state index in [2.05, 4.69) is 15.3 Å². The smallest absolute Gasteiger partial charge is 0.352 e. The van der Waals surface area contributed by atoms with Gasteiger partial charge in [0.15, 0.2) is 0 Å². The number of piperidine rings is 1. The average molecular weight is 345 g/mol. The van der Waals surface area contributed by atoms with Gasteiger partial charge in [-0.3, -0.25) is 9.69 Å². The third-order valence-electron chi connectivity index (χ3n) is 3.95. The van der Waals surface area contributed by atoms with Crippen LogP contribution < -0.4 is 10.2 Å². The zero-order chi connectivity index (χ0) is 17.9. The number of halogens is 3. The molecule has 1 aliphatic heterocycles. The van der Waals surface area contributed by atoms with E-state index in [1.807, 2.05) is 0 Å². The number of nitrogens with zero attached hydrogens (tertiary/aromatic N) is 4. The maximum atomic E-state index is 13.3. The predicted molar refractivity (Wildman–Crippen MR) is 83.5 cm³/mol. The van der Waals surface area contributed by atoms with Crippen molar-refractivity contribution >= 4 is 11.9 Å². The van der Waals surface area contributed by atoms with Crippen LogP contribution in [0.25, 0.3) is 0 Å². The van der Waals surface area contributed by atoms with E-state index in [9.17, 15) is 18.0 Å². The summed E-state index contributed by atoms with van der Waals surface area (Å²) in [4.78, 5) is 22.5. The molecule has 2 unspecified atom stereocenters. The third-order valence-corrected chi connectivity index (χ3v) is 3.95. The summed E-state index contributed by atoms with van der Waals surface area (Å²) >= 11 is 0. The molecule has 1 fully saturated rings. The Balaban J connectivity index is 2.12. The third kappa shape index (κ3) is 4.80. The van der Waals surface area contributed by atoms with Gasteiger partial charge in [0.25, 0.3) is 0 Å². The molecule has 134 valence electrons. The summed E-state index contributed by atoms with van der Waals surface area (Å²) < 4.78 is 39.9. The van der Waals surface area contributed by atoms with E-state index in [0.717, 1.165) is 0 Å². The van der Waals surface area contributed by atoms with Crippen molar-refractivity contribution in [1.29, 1.82) is 0 Å². The summed E-state index contributed by atoms with van der Waals surface area (Å²) in [6.07, 6.45) is -0.942. The Labute approximate surface area is 139 Å². The first-order valence-corrected chi connectivity index (χ1v) is 7.73. The fraction of sp³-hybridized carbons (Fsp3) is 0.667. The van der Waals surface area contributed by atoms with E-state index in [0.29, 0.717) is 17.9 Å². The van der Waals surface area contributed by atoms with Crippen molar-refractivity contribution in [3.8, 4) is 0 Å². The molecule has 2 heterocycles. The molecule has 1 aromatic heterocycles. The molecule has 1 saturated heterocycles. The highest BCUT2D eigenvalue weighted by Gasteiger charge is 2.46. The van der Waals surface area contributed by atoms with E-state index in [1.165, 1.54) is 24.2 Å². The van der Waals surface area contributed by atoms with Gasteiger partial charge in [-0.05, 0) is 12.8 Å². The molecule has 1 N–H and O–H groups in total. The number of anilines is 1. The minimum absolute atomic E-state index is 0.0366. The average Bonchev–Trinajstić information content (AvgIpc) is 2.46. The summed E-state index contributed by atoms with van der Waals surface area (Å²) in [5, 5.41) is 2.71. The molecule has 0 spiro atoms. The van der Waals surface area contributed by atoms with Crippen molar-refractivity contribution < 1.29 is 18.0 Å². The molecule has 24 heavy (non-hydrogen) atoms. The van der Waals surface area contributed by atoms with Crippen LogP contribution in [-0.4, -0.2) is 59.7 Å². The van der Waals surface area contributed by atoms with Gasteiger partial charge in [0.1, 0.15) is 6.04 Å². The van der Waals surface area contributed by atoms with Crippen LogP contribution in [0.5, 0.6) is 0 Å². The molecular weight excluding hydrogens is 323 g/mol. The molecule has 2 rings (SSSR count). The first-order valence-electron chi connectivity index (χ1n) is 7.73. The van der Waals surface area contributed by atoms with E-state index >= 15 is 0 Å². The van der Waals surface area contributed by atoms with E-state index < -0.39 is 12.2 Å². The largest absolute Gasteiger partial charge is 0.404 e. The van der Waals surface area contributed by atoms with Crippen LogP contribution in [0.3, 0.4) is 0 Å². The van der Waals surface area contributed by atoms with Crippen LogP contribution in [0.2, 0.25) is 0 Å². The number of likely N-dealkylation sites (tertiary alicyclic amines) is 1. The summed E-state index contributed by atoms with van der Waals surface area (Å²) in [6.45, 7) is 1.61. The first kappa shape index (κ1) is 18.4. The number of aromatic nitrogens is 2. The Bertz CT molecular complexity index is 561. The van der Waals surface area contributed by atoms with Crippen LogP contribution in [0.4, 0.5) is 19.1 Å². The SMILES string of the molecule is CC(=O)NC1CCC(C(F)(F)F)N(Cc2cnc(N(C)C)nc2)C1. The number of alkyl halides is 3. The van der Waals surface area contributed by atoms with Gasteiger partial charge in [-0.1, -0.05) is 0 Å². The first-order chi connectivity index (χ1) is 11.2. The topological polar surface area (TPSA) is 61.4 Å². The maximum Gasteiger partial charge on any atom is 0.404 e. The standard InChI is InChI=1S/C15H22F3N5O/c1-10(24)21-12-4-5-13(15(16,17)18)23(9-12)8-11-6-19-14(20-7-11)22(2)3/h6-7,12-13H,4-5,8-9H2,1-3H3,(H,21,24). The number of amides is 1. The minimum Gasteiger partial charge on any atom is -0.352 e. The van der Waals surface area contributed by atoms with Crippen molar-refractivity contribution in [1.82, 2.24) is 20.2 Å². The normalized spacial score (nSPS) is 22.2. The summed E-state index contributed by atoms with van der Waals surface area (Å²) in [7, 11) is 3.58. The van der Waals surface area contributed by atoms with Crippen molar-refractivity contribution in [2.45, 2.75) is 44.6 Å². The monoisotopic (exact) mass is 345 g/mol. The summed E-state index contributed by atoms with van der Waals surface area (Å²) in [6, 6.07) is -1.79. The Hall–Kier alpha value is -1.90. The number of carbonyl (C=O) groups is 1. The number of carbonyl (C=O) groups excluding carboxylic acids is 1. The van der Waals surface area contributed by atoms with Crippen LogP contribution in [0, 0.1) is 0 Å². The molecule has 9 heteroatoms. The van der Waals surface area contributed by atoms with E-state index in [4.69, 9.17) is 0 Å². The molecule has 1 amide bonds. The highest BCUT2D eigenvalue weighted by atomic mass is 19.4. The molecular formula is C15H22F3N5O. The van der Waals surface area contributed by atoms with Crippen LogP contribution in [0.1, 0.15) is 25.3 Å². The van der Waals surface area contributed by atoms with Gasteiger partial charge in [-0.25, -0.2) is 9.97 Å². The molecule has 0 saturated carbocycles. The molecule has 0 aliphatic carbocycles. The van der Waals surface area contributed by atoms with Gasteiger partial charge >= 0.3 is 6.18 Å². The zero-order valence-electron chi connectivity index (χ0n) is 14.0. The van der Waals surface area contributed by atoms with Gasteiger partial charge in [0.05, 0.1) is 0 Å². The Morgan fingerprint density at radius 2 is 1.96 bits per heavy atom. The lowest BCUT2D eigenvalue weighted by Crippen LogP contribution is -2.55. The highest BCUT2D eigenvalue weighted by Crippen LogP contribution is 2.32. The second-order valence-corrected chi connectivity index (χ2v) is 6.25. The highest BCUT2D eigenvalue weighted by molar-refractivity contribution is 5.73. The van der Waals surface area contributed by atoms with Gasteiger partial charge in [0, 0.05) is 58.1 Å². The van der Waals surface area contributed by atoms with Crippen molar-refractivity contribution in [3.05, 3.63) is 18.0 Å². The summed E-state index contributed by atoms with van der Waals surface area (Å²) in [5.41, 5.74) is 0.610. The number of rotatable bonds is 4. The minimum atomic E-state index is -4.30.